The second kappa shape index (κ2) is 7.63. The molecule has 0 aliphatic heterocycles. The van der Waals surface area contributed by atoms with Gasteiger partial charge in [0.05, 0.1) is 21.2 Å². The van der Waals surface area contributed by atoms with E-state index in [1.807, 2.05) is 29.6 Å². The summed E-state index contributed by atoms with van der Waals surface area (Å²) in [5.41, 5.74) is 2.96. The molecule has 1 amide bonds. The van der Waals surface area contributed by atoms with Crippen molar-refractivity contribution < 1.29 is 9.72 Å². The minimum atomic E-state index is -0.565. The van der Waals surface area contributed by atoms with Crippen LogP contribution in [0.25, 0.3) is 11.3 Å². The highest BCUT2D eigenvalue weighted by molar-refractivity contribution is 7.14. The third kappa shape index (κ3) is 3.89. The van der Waals surface area contributed by atoms with Crippen molar-refractivity contribution >= 4 is 39.7 Å². The molecule has 1 N–H and O–H groups in total. The number of amides is 1. The highest BCUT2D eigenvalue weighted by Crippen LogP contribution is 2.27. The predicted molar refractivity (Wildman–Crippen MR) is 103 cm³/mol. The maximum atomic E-state index is 12.3. The van der Waals surface area contributed by atoms with Gasteiger partial charge >= 0.3 is 0 Å². The number of benzene rings is 2. The molecular formula is C18H14ClN3O3S. The third-order valence-electron chi connectivity index (χ3n) is 3.79. The molecule has 0 aliphatic rings. The molecule has 6 nitrogen and oxygen atoms in total. The van der Waals surface area contributed by atoms with Gasteiger partial charge in [0, 0.05) is 23.1 Å². The number of nitrogens with zero attached hydrogens (tertiary/aromatic N) is 2. The van der Waals surface area contributed by atoms with Crippen LogP contribution in [0.3, 0.4) is 0 Å². The number of nitro benzene ring substituents is 1. The SMILES string of the molecule is CCc1ccc(-c2csc(NC(=O)c3ccc([N+](=O)[O-])cc3Cl)n2)cc1. The smallest absolute Gasteiger partial charge is 0.270 e. The maximum Gasteiger partial charge on any atom is 0.270 e. The number of nitro groups is 1. The summed E-state index contributed by atoms with van der Waals surface area (Å²) in [7, 11) is 0. The first-order chi connectivity index (χ1) is 12.5. The Bertz CT molecular complexity index is 970. The van der Waals surface area contributed by atoms with Crippen LogP contribution in [0.2, 0.25) is 5.02 Å². The Morgan fingerprint density at radius 1 is 1.27 bits per heavy atom. The zero-order chi connectivity index (χ0) is 18.7. The minimum absolute atomic E-state index is 0.0173. The van der Waals surface area contributed by atoms with E-state index >= 15 is 0 Å². The van der Waals surface area contributed by atoms with Gasteiger partial charge in [-0.15, -0.1) is 11.3 Å². The van der Waals surface area contributed by atoms with Crippen LogP contribution in [0.4, 0.5) is 10.8 Å². The molecule has 0 spiro atoms. The van der Waals surface area contributed by atoms with E-state index < -0.39 is 10.8 Å². The Morgan fingerprint density at radius 3 is 2.62 bits per heavy atom. The molecule has 0 radical (unpaired) electrons. The van der Waals surface area contributed by atoms with Crippen molar-refractivity contribution in [3.63, 3.8) is 0 Å². The fraction of sp³-hybridized carbons (Fsp3) is 0.111. The van der Waals surface area contributed by atoms with Gasteiger partial charge in [0.25, 0.3) is 11.6 Å². The van der Waals surface area contributed by atoms with Crippen molar-refractivity contribution in [3.8, 4) is 11.3 Å². The van der Waals surface area contributed by atoms with Crippen LogP contribution in [-0.2, 0) is 6.42 Å². The molecule has 8 heteroatoms. The fourth-order valence-corrected chi connectivity index (χ4v) is 3.32. The molecular weight excluding hydrogens is 374 g/mol. The minimum Gasteiger partial charge on any atom is -0.298 e. The molecule has 0 unspecified atom stereocenters. The highest BCUT2D eigenvalue weighted by atomic mass is 35.5. The van der Waals surface area contributed by atoms with E-state index in [1.165, 1.54) is 29.0 Å². The van der Waals surface area contributed by atoms with Crippen molar-refractivity contribution in [3.05, 3.63) is 74.1 Å². The van der Waals surface area contributed by atoms with Gasteiger partial charge in [-0.3, -0.25) is 20.2 Å². The number of carbonyl (C=O) groups excluding carboxylic acids is 1. The quantitative estimate of drug-likeness (QED) is 0.482. The average molecular weight is 388 g/mol. The summed E-state index contributed by atoms with van der Waals surface area (Å²) >= 11 is 7.28. The lowest BCUT2D eigenvalue weighted by molar-refractivity contribution is -0.384. The number of rotatable bonds is 5. The standard InChI is InChI=1S/C18H14ClN3O3S/c1-2-11-3-5-12(6-4-11)16-10-26-18(20-16)21-17(23)14-8-7-13(22(24)25)9-15(14)19/h3-10H,2H2,1H3,(H,20,21,23). The number of nitrogens with one attached hydrogen (secondary N) is 1. The number of hydrogen-bond acceptors (Lipinski definition) is 5. The number of halogens is 1. The summed E-state index contributed by atoms with van der Waals surface area (Å²) in [6.07, 6.45) is 0.967. The zero-order valence-electron chi connectivity index (χ0n) is 13.7. The summed E-state index contributed by atoms with van der Waals surface area (Å²) in [6.45, 7) is 2.09. The van der Waals surface area contributed by atoms with Crippen LogP contribution in [0, 0.1) is 10.1 Å². The lowest BCUT2D eigenvalue weighted by atomic mass is 10.1. The van der Waals surface area contributed by atoms with Gasteiger partial charge in [0.15, 0.2) is 5.13 Å². The van der Waals surface area contributed by atoms with E-state index in [4.69, 9.17) is 11.6 Å². The summed E-state index contributed by atoms with van der Waals surface area (Å²) in [4.78, 5) is 26.9. The molecule has 2 aromatic carbocycles. The Kier molecular flexibility index (Phi) is 5.29. The maximum absolute atomic E-state index is 12.3. The molecule has 0 atom stereocenters. The summed E-state index contributed by atoms with van der Waals surface area (Å²) in [5, 5.41) is 15.7. The van der Waals surface area contributed by atoms with Crippen LogP contribution in [0.15, 0.2) is 47.8 Å². The van der Waals surface area contributed by atoms with Crippen LogP contribution in [0.1, 0.15) is 22.8 Å². The van der Waals surface area contributed by atoms with Crippen LogP contribution in [0.5, 0.6) is 0 Å². The third-order valence-corrected chi connectivity index (χ3v) is 4.86. The van der Waals surface area contributed by atoms with Gasteiger partial charge in [-0.05, 0) is 18.1 Å². The highest BCUT2D eigenvalue weighted by Gasteiger charge is 2.16. The van der Waals surface area contributed by atoms with Gasteiger partial charge in [-0.1, -0.05) is 42.8 Å². The van der Waals surface area contributed by atoms with Crippen molar-refractivity contribution in [2.45, 2.75) is 13.3 Å². The van der Waals surface area contributed by atoms with E-state index in [-0.39, 0.29) is 16.3 Å². The Balaban J connectivity index is 1.76. The van der Waals surface area contributed by atoms with Gasteiger partial charge in [0.2, 0.25) is 0 Å². The fourth-order valence-electron chi connectivity index (χ4n) is 2.34. The predicted octanol–water partition coefficient (Wildman–Crippen LogP) is 5.19. The van der Waals surface area contributed by atoms with Gasteiger partial charge in [-0.2, -0.15) is 0 Å². The summed E-state index contributed by atoms with van der Waals surface area (Å²) < 4.78 is 0. The number of aromatic nitrogens is 1. The monoisotopic (exact) mass is 387 g/mol. The summed E-state index contributed by atoms with van der Waals surface area (Å²) in [5.74, 6) is -0.466. The number of aryl methyl sites for hydroxylation is 1. The van der Waals surface area contributed by atoms with E-state index in [1.54, 1.807) is 0 Å². The van der Waals surface area contributed by atoms with E-state index in [0.717, 1.165) is 23.7 Å². The van der Waals surface area contributed by atoms with Crippen molar-refractivity contribution in [2.75, 3.05) is 5.32 Å². The first kappa shape index (κ1) is 18.0. The van der Waals surface area contributed by atoms with E-state index in [2.05, 4.69) is 17.2 Å². The molecule has 1 aromatic heterocycles. The van der Waals surface area contributed by atoms with E-state index in [0.29, 0.717) is 5.13 Å². The molecule has 0 aliphatic carbocycles. The van der Waals surface area contributed by atoms with Gasteiger partial charge in [-0.25, -0.2) is 4.98 Å². The zero-order valence-corrected chi connectivity index (χ0v) is 15.3. The second-order valence-electron chi connectivity index (χ2n) is 5.46. The molecule has 132 valence electrons. The normalized spacial score (nSPS) is 10.5. The van der Waals surface area contributed by atoms with Crippen molar-refractivity contribution in [1.29, 1.82) is 0 Å². The number of thiazole rings is 1. The van der Waals surface area contributed by atoms with Gasteiger partial charge < -0.3 is 0 Å². The Labute approximate surface area is 158 Å². The molecule has 3 rings (SSSR count). The van der Waals surface area contributed by atoms with Crippen molar-refractivity contribution in [1.82, 2.24) is 4.98 Å². The first-order valence-corrected chi connectivity index (χ1v) is 9.04. The summed E-state index contributed by atoms with van der Waals surface area (Å²) in [6, 6.07) is 11.8. The second-order valence-corrected chi connectivity index (χ2v) is 6.73. The first-order valence-electron chi connectivity index (χ1n) is 7.78. The molecule has 0 saturated carbocycles. The van der Waals surface area contributed by atoms with Crippen LogP contribution < -0.4 is 5.32 Å². The molecule has 0 fully saturated rings. The van der Waals surface area contributed by atoms with Crippen LogP contribution >= 0.6 is 22.9 Å². The Hall–Kier alpha value is -2.77. The average Bonchev–Trinajstić information content (AvgIpc) is 3.10. The molecule has 3 aromatic rings. The number of hydrogen-bond donors (Lipinski definition) is 1. The number of carbonyl (C=O) groups is 1. The number of anilines is 1. The molecule has 1 heterocycles. The van der Waals surface area contributed by atoms with Gasteiger partial charge in [0.1, 0.15) is 0 Å². The number of non-ortho nitro benzene ring substituents is 1. The van der Waals surface area contributed by atoms with Crippen LogP contribution in [-0.4, -0.2) is 15.8 Å². The Morgan fingerprint density at radius 2 is 2.00 bits per heavy atom. The topological polar surface area (TPSA) is 85.1 Å². The van der Waals surface area contributed by atoms with Crippen molar-refractivity contribution in [2.24, 2.45) is 0 Å². The molecule has 26 heavy (non-hydrogen) atoms. The lowest BCUT2D eigenvalue weighted by Gasteiger charge is -2.04. The van der Waals surface area contributed by atoms with E-state index in [9.17, 15) is 14.9 Å². The molecule has 0 saturated heterocycles. The largest absolute Gasteiger partial charge is 0.298 e. The lowest BCUT2D eigenvalue weighted by Crippen LogP contribution is -2.12. The molecule has 0 bridgehead atoms.